The Kier molecular flexibility index (Phi) is 10.8. The monoisotopic (exact) mass is 517 g/mol. The lowest BCUT2D eigenvalue weighted by Crippen LogP contribution is -2.42. The molecule has 1 aromatic heterocycles. The first-order chi connectivity index (χ1) is 18.6. The van der Waals surface area contributed by atoms with Gasteiger partial charge >= 0.3 is 0 Å². The van der Waals surface area contributed by atoms with Crippen molar-refractivity contribution in [2.75, 3.05) is 19.6 Å². The number of phenols is 1. The van der Waals surface area contributed by atoms with E-state index in [1.165, 1.54) is 37.3 Å². The van der Waals surface area contributed by atoms with Crippen molar-refractivity contribution in [3.63, 3.8) is 0 Å². The number of rotatable bonds is 13. The van der Waals surface area contributed by atoms with Crippen molar-refractivity contribution in [3.8, 4) is 5.75 Å². The number of aromatic hydroxyl groups is 1. The van der Waals surface area contributed by atoms with Gasteiger partial charge in [0.05, 0.1) is 5.52 Å². The molecule has 0 radical (unpaired) electrons. The molecule has 3 aromatic rings. The molecule has 2 aromatic carbocycles. The fourth-order valence-corrected chi connectivity index (χ4v) is 5.71. The van der Waals surface area contributed by atoms with Gasteiger partial charge in [-0.05, 0) is 68.3 Å². The first-order valence-electron chi connectivity index (χ1n) is 14.5. The third kappa shape index (κ3) is 8.19. The predicted molar refractivity (Wildman–Crippen MR) is 155 cm³/mol. The van der Waals surface area contributed by atoms with E-state index in [1.807, 2.05) is 12.1 Å². The number of fused-ring (bicyclic) bond motifs is 1. The molecule has 204 valence electrons. The highest BCUT2D eigenvalue weighted by Crippen LogP contribution is 2.26. The second kappa shape index (κ2) is 14.7. The van der Waals surface area contributed by atoms with Gasteiger partial charge in [-0.25, -0.2) is 0 Å². The minimum atomic E-state index is -0.209. The Bertz CT molecular complexity index is 1200. The van der Waals surface area contributed by atoms with Crippen LogP contribution < -0.4 is 10.9 Å². The summed E-state index contributed by atoms with van der Waals surface area (Å²) in [5.74, 6) is 0.395. The molecule has 0 aliphatic heterocycles. The number of aromatic amines is 1. The molecule has 1 aliphatic rings. The second-order valence-electron chi connectivity index (χ2n) is 10.6. The Hall–Kier alpha value is -3.12. The van der Waals surface area contributed by atoms with Gasteiger partial charge in [0.1, 0.15) is 5.75 Å². The molecule has 1 heterocycles. The Morgan fingerprint density at radius 1 is 0.895 bits per heavy atom. The van der Waals surface area contributed by atoms with Gasteiger partial charge in [-0.15, -0.1) is 0 Å². The fraction of sp³-hybridized carbons (Fsp3) is 0.500. The molecule has 1 saturated carbocycles. The number of H-pyrrole nitrogens is 1. The number of aryl methyl sites for hydroxylation is 1. The Labute approximate surface area is 226 Å². The Morgan fingerprint density at radius 2 is 1.68 bits per heavy atom. The lowest BCUT2D eigenvalue weighted by Gasteiger charge is -2.31. The number of pyridine rings is 1. The summed E-state index contributed by atoms with van der Waals surface area (Å²) in [4.78, 5) is 29.9. The van der Waals surface area contributed by atoms with E-state index in [-0.39, 0.29) is 17.2 Å². The number of phenolic OH excluding ortho intramolecular Hbond substituents is 1. The molecular weight excluding hydrogens is 474 g/mol. The number of hydrogen-bond acceptors (Lipinski definition) is 4. The molecule has 0 spiro atoms. The van der Waals surface area contributed by atoms with Crippen LogP contribution in [0.5, 0.6) is 5.75 Å². The van der Waals surface area contributed by atoms with Crippen LogP contribution in [0.3, 0.4) is 0 Å². The van der Waals surface area contributed by atoms with Crippen LogP contribution in [0.2, 0.25) is 0 Å². The van der Waals surface area contributed by atoms with Gasteiger partial charge in [0.2, 0.25) is 11.5 Å². The Morgan fingerprint density at radius 3 is 2.47 bits per heavy atom. The fourth-order valence-electron chi connectivity index (χ4n) is 5.71. The van der Waals surface area contributed by atoms with Crippen molar-refractivity contribution in [1.29, 1.82) is 0 Å². The topological polar surface area (TPSA) is 85.4 Å². The average Bonchev–Trinajstić information content (AvgIpc) is 3.22. The standard InChI is InChI=1S/C32H43N3O3/c36-29-18-16-26(28-17-19-30(37)34-32(28)29)13-7-4-10-24-35(27-14-8-1-2-9-15-27)31(38)21-23-33-22-20-25-11-5-3-6-12-25/h3,5-6,11-12,16-19,27,33,36H,1-2,4,7-10,13-15,20-24H2,(H,34,37). The summed E-state index contributed by atoms with van der Waals surface area (Å²) in [5, 5.41) is 14.5. The summed E-state index contributed by atoms with van der Waals surface area (Å²) < 4.78 is 0. The molecular formula is C32H43N3O3. The van der Waals surface area contributed by atoms with Crippen molar-refractivity contribution in [1.82, 2.24) is 15.2 Å². The molecule has 0 bridgehead atoms. The number of aromatic nitrogens is 1. The van der Waals surface area contributed by atoms with Gasteiger partial charge in [-0.3, -0.25) is 9.59 Å². The third-order valence-electron chi connectivity index (χ3n) is 7.84. The first-order valence-corrected chi connectivity index (χ1v) is 14.5. The smallest absolute Gasteiger partial charge is 0.248 e. The van der Waals surface area contributed by atoms with Crippen LogP contribution in [0.1, 0.15) is 75.3 Å². The summed E-state index contributed by atoms with van der Waals surface area (Å²) in [6.45, 7) is 2.45. The maximum atomic E-state index is 13.3. The minimum absolute atomic E-state index is 0.105. The highest BCUT2D eigenvalue weighted by Gasteiger charge is 2.23. The molecule has 6 nitrogen and oxygen atoms in total. The van der Waals surface area contributed by atoms with Crippen molar-refractivity contribution >= 4 is 16.8 Å². The number of carbonyl (C=O) groups excluding carboxylic acids is 1. The predicted octanol–water partition coefficient (Wildman–Crippen LogP) is 5.72. The van der Waals surface area contributed by atoms with Crippen molar-refractivity contribution in [2.24, 2.45) is 0 Å². The van der Waals surface area contributed by atoms with Crippen molar-refractivity contribution < 1.29 is 9.90 Å². The molecule has 0 saturated heterocycles. The van der Waals surface area contributed by atoms with E-state index in [1.54, 1.807) is 12.1 Å². The summed E-state index contributed by atoms with van der Waals surface area (Å²) >= 11 is 0. The normalized spacial score (nSPS) is 14.4. The van der Waals surface area contributed by atoms with Crippen molar-refractivity contribution in [3.05, 3.63) is 76.1 Å². The summed E-state index contributed by atoms with van der Waals surface area (Å²) in [6, 6.07) is 17.8. The van der Waals surface area contributed by atoms with E-state index in [2.05, 4.69) is 39.5 Å². The van der Waals surface area contributed by atoms with Crippen LogP contribution in [0, 0.1) is 0 Å². The van der Waals surface area contributed by atoms with Gasteiger partial charge < -0.3 is 20.3 Å². The number of nitrogens with one attached hydrogen (secondary N) is 2. The van der Waals surface area contributed by atoms with E-state index in [0.29, 0.717) is 18.0 Å². The van der Waals surface area contributed by atoms with E-state index in [0.717, 1.165) is 75.5 Å². The maximum Gasteiger partial charge on any atom is 0.248 e. The minimum Gasteiger partial charge on any atom is -0.506 e. The molecule has 1 aliphatic carbocycles. The second-order valence-corrected chi connectivity index (χ2v) is 10.6. The zero-order chi connectivity index (χ0) is 26.6. The van der Waals surface area contributed by atoms with Crippen molar-refractivity contribution in [2.45, 2.75) is 83.1 Å². The summed E-state index contributed by atoms with van der Waals surface area (Å²) in [5.41, 5.74) is 2.75. The third-order valence-corrected chi connectivity index (χ3v) is 7.84. The summed E-state index contributed by atoms with van der Waals surface area (Å²) in [6.07, 6.45) is 12.7. The van der Waals surface area contributed by atoms with E-state index >= 15 is 0 Å². The average molecular weight is 518 g/mol. The van der Waals surface area contributed by atoms with Crippen LogP contribution in [-0.4, -0.2) is 46.6 Å². The highest BCUT2D eigenvalue weighted by atomic mass is 16.3. The SMILES string of the molecule is O=C(CCNCCc1ccccc1)N(CCCCCc1ccc(O)c2[nH]c(=O)ccc12)C1CCCCCC1. The van der Waals surface area contributed by atoms with Crippen LogP contribution in [0.4, 0.5) is 0 Å². The maximum absolute atomic E-state index is 13.3. The molecule has 3 N–H and O–H groups in total. The van der Waals surface area contributed by atoms with Crippen LogP contribution >= 0.6 is 0 Å². The van der Waals surface area contributed by atoms with Gasteiger partial charge in [0, 0.05) is 37.0 Å². The van der Waals surface area contributed by atoms with E-state index in [4.69, 9.17) is 0 Å². The number of hydrogen-bond donors (Lipinski definition) is 3. The molecule has 1 fully saturated rings. The van der Waals surface area contributed by atoms with Crippen LogP contribution in [-0.2, 0) is 17.6 Å². The number of benzene rings is 2. The molecule has 1 amide bonds. The first kappa shape index (κ1) is 27.9. The number of amides is 1. The zero-order valence-electron chi connectivity index (χ0n) is 22.6. The van der Waals surface area contributed by atoms with E-state index in [9.17, 15) is 14.7 Å². The number of carbonyl (C=O) groups is 1. The number of nitrogens with zero attached hydrogens (tertiary/aromatic N) is 1. The van der Waals surface area contributed by atoms with Crippen LogP contribution in [0.15, 0.2) is 59.4 Å². The molecule has 6 heteroatoms. The number of unbranched alkanes of at least 4 members (excludes halogenated alkanes) is 2. The van der Waals surface area contributed by atoms with E-state index < -0.39 is 0 Å². The molecule has 0 atom stereocenters. The molecule has 38 heavy (non-hydrogen) atoms. The Balaban J connectivity index is 1.25. The van der Waals surface area contributed by atoms with Crippen LogP contribution in [0.25, 0.3) is 10.9 Å². The molecule has 4 rings (SSSR count). The molecule has 0 unspecified atom stereocenters. The summed E-state index contributed by atoms with van der Waals surface area (Å²) in [7, 11) is 0. The van der Waals surface area contributed by atoms with Gasteiger partial charge in [0.15, 0.2) is 0 Å². The lowest BCUT2D eigenvalue weighted by molar-refractivity contribution is -0.133. The van der Waals surface area contributed by atoms with Gasteiger partial charge in [0.25, 0.3) is 0 Å². The van der Waals surface area contributed by atoms with Gasteiger partial charge in [-0.2, -0.15) is 0 Å². The largest absolute Gasteiger partial charge is 0.506 e. The highest BCUT2D eigenvalue weighted by molar-refractivity contribution is 5.87. The quantitative estimate of drug-likeness (QED) is 0.200. The lowest BCUT2D eigenvalue weighted by atomic mass is 10.0. The van der Waals surface area contributed by atoms with Gasteiger partial charge in [-0.1, -0.05) is 68.5 Å². The zero-order valence-corrected chi connectivity index (χ0v) is 22.6.